The van der Waals surface area contributed by atoms with Crippen LogP contribution in [-0.2, 0) is 13.2 Å². The first-order chi connectivity index (χ1) is 10.0. The van der Waals surface area contributed by atoms with Gasteiger partial charge < -0.3 is 9.84 Å². The number of nitriles is 1. The van der Waals surface area contributed by atoms with Crippen molar-refractivity contribution in [2.75, 3.05) is 0 Å². The van der Waals surface area contributed by atoms with Crippen LogP contribution in [0.15, 0.2) is 39.3 Å². The minimum atomic E-state index is -0.423. The Morgan fingerprint density at radius 3 is 2.43 bits per heavy atom. The van der Waals surface area contributed by atoms with Crippen molar-refractivity contribution in [3.63, 3.8) is 0 Å². The maximum absolute atomic E-state index is 13.7. The molecular weight excluding hydrogens is 405 g/mol. The lowest BCUT2D eigenvalue weighted by Gasteiger charge is -2.12. The Balaban J connectivity index is 2.23. The first-order valence-electron chi connectivity index (χ1n) is 5.95. The molecule has 0 aliphatic rings. The molecule has 0 atom stereocenters. The molecule has 0 aliphatic heterocycles. The fraction of sp³-hybridized carbons (Fsp3) is 0.133. The highest BCUT2D eigenvalue weighted by Crippen LogP contribution is 2.35. The van der Waals surface area contributed by atoms with Crippen LogP contribution in [0.1, 0.15) is 16.7 Å². The molecule has 0 unspecified atom stereocenters. The maximum atomic E-state index is 13.7. The van der Waals surface area contributed by atoms with Gasteiger partial charge in [0.15, 0.2) is 0 Å². The highest BCUT2D eigenvalue weighted by atomic mass is 79.9. The Morgan fingerprint density at radius 2 is 1.86 bits per heavy atom. The van der Waals surface area contributed by atoms with Crippen molar-refractivity contribution in [2.24, 2.45) is 0 Å². The zero-order valence-electron chi connectivity index (χ0n) is 10.7. The lowest BCUT2D eigenvalue weighted by atomic mass is 10.1. The van der Waals surface area contributed by atoms with E-state index in [0.29, 0.717) is 25.8 Å². The summed E-state index contributed by atoms with van der Waals surface area (Å²) < 4.78 is 20.6. The van der Waals surface area contributed by atoms with Gasteiger partial charge in [0.25, 0.3) is 0 Å². The molecule has 6 heteroatoms. The monoisotopic (exact) mass is 413 g/mol. The molecule has 0 radical (unpaired) electrons. The van der Waals surface area contributed by atoms with Gasteiger partial charge in [-0.3, -0.25) is 0 Å². The van der Waals surface area contributed by atoms with Crippen LogP contribution in [0.25, 0.3) is 0 Å². The SMILES string of the molecule is N#Cc1ccc(F)c(COc2c(Br)cc(CO)cc2Br)c1. The average molecular weight is 415 g/mol. The molecule has 2 aromatic rings. The molecule has 2 rings (SSSR count). The largest absolute Gasteiger partial charge is 0.486 e. The third-order valence-electron chi connectivity index (χ3n) is 2.79. The van der Waals surface area contributed by atoms with Crippen molar-refractivity contribution in [1.29, 1.82) is 5.26 Å². The Hall–Kier alpha value is -1.42. The van der Waals surface area contributed by atoms with E-state index in [9.17, 15) is 4.39 Å². The minimum Gasteiger partial charge on any atom is -0.486 e. The van der Waals surface area contributed by atoms with Crippen molar-refractivity contribution < 1.29 is 14.2 Å². The standard InChI is InChI=1S/C15H10Br2FNO2/c16-12-4-10(7-20)5-13(17)15(12)21-8-11-3-9(6-19)1-2-14(11)18/h1-5,20H,7-8H2. The average Bonchev–Trinajstić information content (AvgIpc) is 2.47. The predicted octanol–water partition coefficient (Wildman–Crippen LogP) is 4.29. The van der Waals surface area contributed by atoms with E-state index in [-0.39, 0.29) is 13.2 Å². The molecule has 108 valence electrons. The third-order valence-corrected chi connectivity index (χ3v) is 3.97. The number of halogens is 3. The van der Waals surface area contributed by atoms with Gasteiger partial charge in [0, 0.05) is 5.56 Å². The molecule has 0 spiro atoms. The lowest BCUT2D eigenvalue weighted by molar-refractivity contribution is 0.279. The van der Waals surface area contributed by atoms with Gasteiger partial charge in [-0.2, -0.15) is 5.26 Å². The molecule has 21 heavy (non-hydrogen) atoms. The zero-order chi connectivity index (χ0) is 15.4. The molecule has 0 fully saturated rings. The third kappa shape index (κ3) is 3.82. The van der Waals surface area contributed by atoms with Crippen LogP contribution in [0.3, 0.4) is 0 Å². The van der Waals surface area contributed by atoms with E-state index >= 15 is 0 Å². The number of hydrogen-bond donors (Lipinski definition) is 1. The van der Waals surface area contributed by atoms with E-state index in [2.05, 4.69) is 31.9 Å². The van der Waals surface area contributed by atoms with E-state index < -0.39 is 5.82 Å². The van der Waals surface area contributed by atoms with Gasteiger partial charge in [-0.15, -0.1) is 0 Å². The topological polar surface area (TPSA) is 53.2 Å². The summed E-state index contributed by atoms with van der Waals surface area (Å²) in [7, 11) is 0. The van der Waals surface area contributed by atoms with Gasteiger partial charge >= 0.3 is 0 Å². The van der Waals surface area contributed by atoms with E-state index in [1.165, 1.54) is 18.2 Å². The van der Waals surface area contributed by atoms with Gasteiger partial charge in [0.1, 0.15) is 18.2 Å². The van der Waals surface area contributed by atoms with Crippen molar-refractivity contribution in [2.45, 2.75) is 13.2 Å². The fourth-order valence-corrected chi connectivity index (χ4v) is 3.26. The maximum Gasteiger partial charge on any atom is 0.148 e. The molecule has 1 N–H and O–H groups in total. The van der Waals surface area contributed by atoms with Crippen molar-refractivity contribution >= 4 is 31.9 Å². The second kappa shape index (κ2) is 7.03. The zero-order valence-corrected chi connectivity index (χ0v) is 13.9. The predicted molar refractivity (Wildman–Crippen MR) is 83.2 cm³/mol. The number of hydrogen-bond acceptors (Lipinski definition) is 3. The number of benzene rings is 2. The van der Waals surface area contributed by atoms with Crippen LogP contribution in [-0.4, -0.2) is 5.11 Å². The van der Waals surface area contributed by atoms with Crippen LogP contribution < -0.4 is 4.74 Å². The first-order valence-corrected chi connectivity index (χ1v) is 7.54. The van der Waals surface area contributed by atoms with E-state index in [1.54, 1.807) is 12.1 Å². The Labute approximate surface area is 138 Å². The van der Waals surface area contributed by atoms with Gasteiger partial charge in [-0.1, -0.05) is 0 Å². The summed E-state index contributed by atoms with van der Waals surface area (Å²) in [6, 6.07) is 9.53. The van der Waals surface area contributed by atoms with Crippen LogP contribution >= 0.6 is 31.9 Å². The van der Waals surface area contributed by atoms with E-state index in [1.807, 2.05) is 6.07 Å². The number of aliphatic hydroxyl groups excluding tert-OH is 1. The molecule has 0 saturated heterocycles. The van der Waals surface area contributed by atoms with Crippen molar-refractivity contribution in [3.8, 4) is 11.8 Å². The normalized spacial score (nSPS) is 10.2. The van der Waals surface area contributed by atoms with Gasteiger partial charge in [0.2, 0.25) is 0 Å². The van der Waals surface area contributed by atoms with Crippen LogP contribution in [0, 0.1) is 17.1 Å². The summed E-state index contributed by atoms with van der Waals surface area (Å²) in [5.74, 6) is 0.0854. The summed E-state index contributed by atoms with van der Waals surface area (Å²) in [5.41, 5.74) is 1.40. The summed E-state index contributed by atoms with van der Waals surface area (Å²) in [6.45, 7) is -0.0899. The lowest BCUT2D eigenvalue weighted by Crippen LogP contribution is -2.01. The van der Waals surface area contributed by atoms with Crippen LogP contribution in [0.5, 0.6) is 5.75 Å². The molecular formula is C15H10Br2FNO2. The molecule has 0 heterocycles. The van der Waals surface area contributed by atoms with Gasteiger partial charge in [-0.25, -0.2) is 4.39 Å². The fourth-order valence-electron chi connectivity index (χ4n) is 1.75. The van der Waals surface area contributed by atoms with Crippen LogP contribution in [0.4, 0.5) is 4.39 Å². The number of rotatable bonds is 4. The van der Waals surface area contributed by atoms with E-state index in [4.69, 9.17) is 15.1 Å². The molecule has 3 nitrogen and oxygen atoms in total. The molecule has 0 saturated carbocycles. The molecule has 0 bridgehead atoms. The number of ether oxygens (including phenoxy) is 1. The molecule has 2 aromatic carbocycles. The quantitative estimate of drug-likeness (QED) is 0.811. The van der Waals surface area contributed by atoms with Crippen molar-refractivity contribution in [1.82, 2.24) is 0 Å². The summed E-state index contributed by atoms with van der Waals surface area (Å²) in [6.07, 6.45) is 0. The number of aliphatic hydroxyl groups is 1. The van der Waals surface area contributed by atoms with E-state index in [0.717, 1.165) is 5.56 Å². The van der Waals surface area contributed by atoms with Crippen LogP contribution in [0.2, 0.25) is 0 Å². The number of nitrogens with zero attached hydrogens (tertiary/aromatic N) is 1. The smallest absolute Gasteiger partial charge is 0.148 e. The molecule has 0 amide bonds. The summed E-state index contributed by atoms with van der Waals surface area (Å²) in [5, 5.41) is 17.9. The molecule has 0 aliphatic carbocycles. The highest BCUT2D eigenvalue weighted by Gasteiger charge is 2.11. The second-order valence-corrected chi connectivity index (χ2v) is 5.96. The highest BCUT2D eigenvalue weighted by molar-refractivity contribution is 9.11. The Kier molecular flexibility index (Phi) is 5.34. The Morgan fingerprint density at radius 1 is 1.19 bits per heavy atom. The summed E-state index contributed by atoms with van der Waals surface area (Å²) >= 11 is 6.69. The van der Waals surface area contributed by atoms with Crippen molar-refractivity contribution in [3.05, 3.63) is 61.8 Å². The van der Waals surface area contributed by atoms with Gasteiger partial charge in [-0.05, 0) is 67.8 Å². The second-order valence-electron chi connectivity index (χ2n) is 4.25. The van der Waals surface area contributed by atoms with Gasteiger partial charge in [0.05, 0.1) is 27.2 Å². The minimum absolute atomic E-state index is 0.00295. The first kappa shape index (κ1) is 16.0. The molecule has 0 aromatic heterocycles. The Bertz CT molecular complexity index is 690. The summed E-state index contributed by atoms with van der Waals surface area (Å²) in [4.78, 5) is 0.